The highest BCUT2D eigenvalue weighted by atomic mass is 32.1. The van der Waals surface area contributed by atoms with Crippen LogP contribution in [0.25, 0.3) is 0 Å². The van der Waals surface area contributed by atoms with E-state index in [9.17, 15) is 13.6 Å². The molecule has 0 radical (unpaired) electrons. The predicted molar refractivity (Wildman–Crippen MR) is 77.5 cm³/mol. The number of carbonyl (C=O) groups is 1. The standard InChI is InChI=1S/C14H13F2N3OS/c15-7-5-8(12(16)9(17)6-7)13(20)19-14-18-10-3-1-2-4-11(10)21-14/h5-6H,1-4,17H2,(H,18,19,20). The number of aromatic nitrogens is 1. The normalized spacial score (nSPS) is 13.8. The average Bonchev–Trinajstić information content (AvgIpc) is 2.84. The smallest absolute Gasteiger partial charge is 0.260 e. The maximum Gasteiger partial charge on any atom is 0.260 e. The molecule has 1 aliphatic rings. The summed E-state index contributed by atoms with van der Waals surface area (Å²) in [5.41, 5.74) is 5.50. The Labute approximate surface area is 124 Å². The quantitative estimate of drug-likeness (QED) is 0.837. The number of fused-ring (bicyclic) bond motifs is 1. The number of rotatable bonds is 2. The zero-order valence-electron chi connectivity index (χ0n) is 11.1. The zero-order valence-corrected chi connectivity index (χ0v) is 11.9. The summed E-state index contributed by atoms with van der Waals surface area (Å²) in [7, 11) is 0. The van der Waals surface area contributed by atoms with Gasteiger partial charge in [-0.2, -0.15) is 0 Å². The molecule has 110 valence electrons. The molecule has 0 saturated heterocycles. The number of hydrogen-bond donors (Lipinski definition) is 2. The molecule has 3 rings (SSSR count). The first-order chi connectivity index (χ1) is 10.0. The van der Waals surface area contributed by atoms with Gasteiger partial charge in [0.05, 0.1) is 16.9 Å². The Morgan fingerprint density at radius 2 is 2.05 bits per heavy atom. The van der Waals surface area contributed by atoms with Crippen LogP contribution in [0.2, 0.25) is 0 Å². The molecule has 0 bridgehead atoms. The number of nitrogens with two attached hydrogens (primary N) is 1. The lowest BCUT2D eigenvalue weighted by Gasteiger charge is -2.06. The Morgan fingerprint density at radius 1 is 1.29 bits per heavy atom. The number of nitrogens with zero attached hydrogens (tertiary/aromatic N) is 1. The van der Waals surface area contributed by atoms with Gasteiger partial charge in [0.1, 0.15) is 5.82 Å². The lowest BCUT2D eigenvalue weighted by Crippen LogP contribution is -2.15. The second-order valence-corrected chi connectivity index (χ2v) is 5.99. The van der Waals surface area contributed by atoms with Crippen molar-refractivity contribution >= 4 is 28.1 Å². The predicted octanol–water partition coefficient (Wildman–Crippen LogP) is 3.13. The highest BCUT2D eigenvalue weighted by Gasteiger charge is 2.20. The molecule has 1 aromatic heterocycles. The first kappa shape index (κ1) is 13.9. The minimum Gasteiger partial charge on any atom is -0.396 e. The highest BCUT2D eigenvalue weighted by Crippen LogP contribution is 2.30. The number of hydrogen-bond acceptors (Lipinski definition) is 4. The fourth-order valence-electron chi connectivity index (χ4n) is 2.35. The first-order valence-corrected chi connectivity index (χ1v) is 7.40. The van der Waals surface area contributed by atoms with Crippen molar-refractivity contribution in [3.05, 3.63) is 39.9 Å². The highest BCUT2D eigenvalue weighted by molar-refractivity contribution is 7.15. The van der Waals surface area contributed by atoms with E-state index in [1.54, 1.807) is 0 Å². The van der Waals surface area contributed by atoms with Crippen LogP contribution in [-0.4, -0.2) is 10.9 Å². The molecule has 0 fully saturated rings. The second-order valence-electron chi connectivity index (χ2n) is 4.91. The van der Waals surface area contributed by atoms with Gasteiger partial charge < -0.3 is 5.73 Å². The number of carbonyl (C=O) groups excluding carboxylic acids is 1. The number of nitrogens with one attached hydrogen (secondary N) is 1. The van der Waals surface area contributed by atoms with Crippen molar-refractivity contribution < 1.29 is 13.6 Å². The topological polar surface area (TPSA) is 68.0 Å². The summed E-state index contributed by atoms with van der Waals surface area (Å²) in [6, 6.07) is 1.67. The van der Waals surface area contributed by atoms with Gasteiger partial charge in [-0.05, 0) is 37.8 Å². The zero-order chi connectivity index (χ0) is 15.0. The molecular formula is C14H13F2N3OS. The van der Waals surface area contributed by atoms with Crippen LogP contribution in [0, 0.1) is 11.6 Å². The third-order valence-electron chi connectivity index (χ3n) is 3.38. The van der Waals surface area contributed by atoms with E-state index in [4.69, 9.17) is 5.73 Å². The van der Waals surface area contributed by atoms with Crippen LogP contribution in [0.5, 0.6) is 0 Å². The van der Waals surface area contributed by atoms with Crippen molar-refractivity contribution in [2.45, 2.75) is 25.7 Å². The van der Waals surface area contributed by atoms with Crippen molar-refractivity contribution in [1.82, 2.24) is 4.98 Å². The Morgan fingerprint density at radius 3 is 2.81 bits per heavy atom. The summed E-state index contributed by atoms with van der Waals surface area (Å²) >= 11 is 1.38. The van der Waals surface area contributed by atoms with E-state index in [-0.39, 0.29) is 0 Å². The van der Waals surface area contributed by atoms with E-state index >= 15 is 0 Å². The van der Waals surface area contributed by atoms with Gasteiger partial charge in [0.15, 0.2) is 10.9 Å². The maximum absolute atomic E-state index is 13.8. The molecule has 2 aromatic rings. The van der Waals surface area contributed by atoms with E-state index in [0.29, 0.717) is 5.13 Å². The lowest BCUT2D eigenvalue weighted by atomic mass is 10.0. The minimum absolute atomic E-state index is 0.390. The Kier molecular flexibility index (Phi) is 3.59. The number of nitrogen functional groups attached to an aromatic ring is 1. The van der Waals surface area contributed by atoms with Gasteiger partial charge in [-0.3, -0.25) is 10.1 Å². The fourth-order valence-corrected chi connectivity index (χ4v) is 3.39. The largest absolute Gasteiger partial charge is 0.396 e. The van der Waals surface area contributed by atoms with Gasteiger partial charge >= 0.3 is 0 Å². The molecule has 1 heterocycles. The summed E-state index contributed by atoms with van der Waals surface area (Å²) in [6.07, 6.45) is 4.03. The molecule has 21 heavy (non-hydrogen) atoms. The van der Waals surface area contributed by atoms with E-state index in [0.717, 1.165) is 48.4 Å². The van der Waals surface area contributed by atoms with Crippen LogP contribution in [-0.2, 0) is 12.8 Å². The Bertz CT molecular complexity index is 691. The van der Waals surface area contributed by atoms with Crippen molar-refractivity contribution in [2.24, 2.45) is 0 Å². The van der Waals surface area contributed by atoms with Gasteiger partial charge in [-0.1, -0.05) is 0 Å². The first-order valence-electron chi connectivity index (χ1n) is 6.59. The van der Waals surface area contributed by atoms with Crippen molar-refractivity contribution in [1.29, 1.82) is 0 Å². The fraction of sp³-hybridized carbons (Fsp3) is 0.286. The molecule has 1 aliphatic carbocycles. The number of halogens is 2. The van der Waals surface area contributed by atoms with Crippen LogP contribution in [0.1, 0.15) is 33.8 Å². The van der Waals surface area contributed by atoms with Crippen LogP contribution in [0.3, 0.4) is 0 Å². The van der Waals surface area contributed by atoms with Crippen molar-refractivity contribution in [3.8, 4) is 0 Å². The summed E-state index contributed by atoms with van der Waals surface area (Å²) in [4.78, 5) is 17.5. The number of benzene rings is 1. The maximum atomic E-state index is 13.8. The van der Waals surface area contributed by atoms with Crippen LogP contribution in [0.15, 0.2) is 12.1 Å². The van der Waals surface area contributed by atoms with E-state index in [1.807, 2.05) is 0 Å². The molecule has 0 aliphatic heterocycles. The molecule has 0 unspecified atom stereocenters. The summed E-state index contributed by atoms with van der Waals surface area (Å²) < 4.78 is 27.0. The van der Waals surface area contributed by atoms with Crippen molar-refractivity contribution in [2.75, 3.05) is 11.1 Å². The third-order valence-corrected chi connectivity index (χ3v) is 4.45. The molecule has 0 spiro atoms. The van der Waals surface area contributed by atoms with Crippen LogP contribution in [0.4, 0.5) is 19.6 Å². The second kappa shape index (κ2) is 5.40. The van der Waals surface area contributed by atoms with Crippen LogP contribution < -0.4 is 11.1 Å². The summed E-state index contributed by atoms with van der Waals surface area (Å²) in [5, 5.41) is 2.93. The number of aryl methyl sites for hydroxylation is 2. The van der Waals surface area contributed by atoms with Gasteiger partial charge in [0.25, 0.3) is 5.91 Å². The van der Waals surface area contributed by atoms with Gasteiger partial charge in [0, 0.05) is 4.88 Å². The average molecular weight is 309 g/mol. The van der Waals surface area contributed by atoms with Gasteiger partial charge in [-0.25, -0.2) is 13.8 Å². The van der Waals surface area contributed by atoms with E-state index in [2.05, 4.69) is 10.3 Å². The van der Waals surface area contributed by atoms with Crippen LogP contribution >= 0.6 is 11.3 Å². The monoisotopic (exact) mass is 309 g/mol. The Hall–Kier alpha value is -2.02. The molecule has 0 saturated carbocycles. The molecule has 3 N–H and O–H groups in total. The number of anilines is 2. The van der Waals surface area contributed by atoms with Gasteiger partial charge in [0.2, 0.25) is 0 Å². The molecule has 1 aromatic carbocycles. The summed E-state index contributed by atoms with van der Waals surface area (Å²) in [5.74, 6) is -2.42. The molecule has 0 atom stereocenters. The lowest BCUT2D eigenvalue weighted by molar-refractivity contribution is 0.102. The Balaban J connectivity index is 1.85. The molecule has 7 heteroatoms. The van der Waals surface area contributed by atoms with E-state index in [1.165, 1.54) is 11.3 Å². The van der Waals surface area contributed by atoms with E-state index < -0.39 is 28.8 Å². The summed E-state index contributed by atoms with van der Waals surface area (Å²) in [6.45, 7) is 0. The SMILES string of the molecule is Nc1cc(F)cc(C(=O)Nc2nc3c(s2)CCCC3)c1F. The number of thiazole rings is 1. The third kappa shape index (κ3) is 2.73. The van der Waals surface area contributed by atoms with Crippen molar-refractivity contribution in [3.63, 3.8) is 0 Å². The molecule has 1 amide bonds. The van der Waals surface area contributed by atoms with Gasteiger partial charge in [-0.15, -0.1) is 11.3 Å². The number of amides is 1. The molecular weight excluding hydrogens is 296 g/mol. The minimum atomic E-state index is -0.921. The molecule has 4 nitrogen and oxygen atoms in total.